The van der Waals surface area contributed by atoms with Crippen molar-refractivity contribution in [3.8, 4) is 0 Å². The van der Waals surface area contributed by atoms with Crippen LogP contribution < -0.4 is 21.7 Å². The molecule has 9 nitrogen and oxygen atoms in total. The van der Waals surface area contributed by atoms with E-state index in [-0.39, 0.29) is 24.0 Å². The Bertz CT molecular complexity index is 821. The second-order valence-corrected chi connectivity index (χ2v) is 9.31. The van der Waals surface area contributed by atoms with Gasteiger partial charge in [0.2, 0.25) is 17.7 Å². The molecule has 190 valence electrons. The Morgan fingerprint density at radius 1 is 0.941 bits per heavy atom. The molecule has 5 unspecified atom stereocenters. The molecular formula is C24H38N4O5S. The highest BCUT2D eigenvalue weighted by atomic mass is 32.1. The lowest BCUT2D eigenvalue weighted by molar-refractivity contribution is -0.144. The van der Waals surface area contributed by atoms with Crippen molar-refractivity contribution in [2.45, 2.75) is 71.1 Å². The third-order valence-electron chi connectivity index (χ3n) is 5.57. The fourth-order valence-corrected chi connectivity index (χ4v) is 3.50. The van der Waals surface area contributed by atoms with Gasteiger partial charge in [-0.05, 0) is 23.8 Å². The highest BCUT2D eigenvalue weighted by Gasteiger charge is 2.32. The van der Waals surface area contributed by atoms with Gasteiger partial charge in [0.15, 0.2) is 0 Å². The van der Waals surface area contributed by atoms with Crippen LogP contribution in [0.25, 0.3) is 0 Å². The van der Waals surface area contributed by atoms with Crippen LogP contribution in [-0.2, 0) is 25.6 Å². The molecule has 34 heavy (non-hydrogen) atoms. The maximum absolute atomic E-state index is 13.2. The summed E-state index contributed by atoms with van der Waals surface area (Å²) >= 11 is 4.03. The van der Waals surface area contributed by atoms with Crippen molar-refractivity contribution >= 4 is 36.3 Å². The molecule has 0 fully saturated rings. The quantitative estimate of drug-likeness (QED) is 0.213. The third-order valence-corrected chi connectivity index (χ3v) is 5.96. The molecule has 0 bridgehead atoms. The smallest absolute Gasteiger partial charge is 0.326 e. The number of carbonyl (C=O) groups excluding carboxylic acids is 3. The van der Waals surface area contributed by atoms with Gasteiger partial charge in [-0.3, -0.25) is 14.4 Å². The molecule has 0 aliphatic carbocycles. The summed E-state index contributed by atoms with van der Waals surface area (Å²) in [5.74, 6) is -2.93. The lowest BCUT2D eigenvalue weighted by Gasteiger charge is -2.27. The molecule has 1 aromatic rings. The van der Waals surface area contributed by atoms with Crippen LogP contribution in [0.1, 0.15) is 46.1 Å². The monoisotopic (exact) mass is 494 g/mol. The summed E-state index contributed by atoms with van der Waals surface area (Å²) in [5, 5.41) is 17.5. The number of nitrogens with two attached hydrogens (primary N) is 1. The van der Waals surface area contributed by atoms with Gasteiger partial charge in [-0.2, -0.15) is 12.6 Å². The standard InChI is InChI=1S/C24H38N4O5S/c1-5-15(4)20(24(32)33)28-23(31)18(11-14(2)3)27-22(30)19(26-21(29)17(25)13-34)12-16-9-7-6-8-10-16/h6-10,14-15,17-20,34H,5,11-13,25H2,1-4H3,(H,26,29)(H,27,30)(H,28,31)(H,32,33). The fraction of sp³-hybridized carbons (Fsp3) is 0.583. The van der Waals surface area contributed by atoms with Crippen LogP contribution in [0.4, 0.5) is 0 Å². The zero-order chi connectivity index (χ0) is 25.8. The van der Waals surface area contributed by atoms with E-state index < -0.39 is 47.9 Å². The molecule has 0 aliphatic heterocycles. The van der Waals surface area contributed by atoms with Crippen molar-refractivity contribution in [1.29, 1.82) is 0 Å². The number of nitrogens with one attached hydrogen (secondary N) is 3. The molecule has 3 amide bonds. The minimum Gasteiger partial charge on any atom is -0.480 e. The highest BCUT2D eigenvalue weighted by molar-refractivity contribution is 7.80. The first-order chi connectivity index (χ1) is 16.0. The van der Waals surface area contributed by atoms with Crippen LogP contribution >= 0.6 is 12.6 Å². The zero-order valence-electron chi connectivity index (χ0n) is 20.3. The van der Waals surface area contributed by atoms with Gasteiger partial charge >= 0.3 is 5.97 Å². The van der Waals surface area contributed by atoms with Gasteiger partial charge in [-0.25, -0.2) is 4.79 Å². The first-order valence-corrected chi connectivity index (χ1v) is 12.2. The molecule has 0 radical (unpaired) electrons. The van der Waals surface area contributed by atoms with Crippen molar-refractivity contribution in [3.05, 3.63) is 35.9 Å². The van der Waals surface area contributed by atoms with Gasteiger partial charge in [0.1, 0.15) is 18.1 Å². The van der Waals surface area contributed by atoms with Crippen LogP contribution in [0.2, 0.25) is 0 Å². The van der Waals surface area contributed by atoms with E-state index in [9.17, 15) is 24.3 Å². The van der Waals surface area contributed by atoms with Crippen LogP contribution in [0.15, 0.2) is 30.3 Å². The van der Waals surface area contributed by atoms with Gasteiger partial charge in [0.05, 0.1) is 6.04 Å². The largest absolute Gasteiger partial charge is 0.480 e. The Kier molecular flexibility index (Phi) is 12.7. The Morgan fingerprint density at radius 2 is 1.50 bits per heavy atom. The van der Waals surface area contributed by atoms with E-state index in [1.54, 1.807) is 6.92 Å². The molecule has 1 rings (SSSR count). The summed E-state index contributed by atoms with van der Waals surface area (Å²) in [7, 11) is 0. The molecule has 6 N–H and O–H groups in total. The summed E-state index contributed by atoms with van der Waals surface area (Å²) in [5.41, 5.74) is 6.57. The number of carboxylic acid groups (broad SMARTS) is 1. The molecule has 10 heteroatoms. The number of amides is 3. The summed E-state index contributed by atoms with van der Waals surface area (Å²) in [6.07, 6.45) is 1.06. The van der Waals surface area contributed by atoms with Crippen molar-refractivity contribution in [2.75, 3.05) is 5.75 Å². The number of hydrogen-bond donors (Lipinski definition) is 6. The Morgan fingerprint density at radius 3 is 2.00 bits per heavy atom. The molecule has 0 heterocycles. The second-order valence-electron chi connectivity index (χ2n) is 8.94. The van der Waals surface area contributed by atoms with E-state index in [1.807, 2.05) is 51.1 Å². The Hall–Kier alpha value is -2.59. The van der Waals surface area contributed by atoms with E-state index in [0.29, 0.717) is 12.8 Å². The number of carboxylic acids is 1. The zero-order valence-corrected chi connectivity index (χ0v) is 21.2. The minimum atomic E-state index is -1.13. The van der Waals surface area contributed by atoms with Gasteiger partial charge in [0, 0.05) is 12.2 Å². The average molecular weight is 495 g/mol. The molecule has 0 saturated carbocycles. The van der Waals surface area contributed by atoms with Crippen LogP contribution in [0, 0.1) is 11.8 Å². The molecule has 0 aliphatic rings. The molecule has 0 spiro atoms. The first kappa shape index (κ1) is 29.4. The van der Waals surface area contributed by atoms with Gasteiger partial charge in [-0.15, -0.1) is 0 Å². The van der Waals surface area contributed by atoms with E-state index in [0.717, 1.165) is 5.56 Å². The highest BCUT2D eigenvalue weighted by Crippen LogP contribution is 2.12. The molecule has 0 aromatic heterocycles. The van der Waals surface area contributed by atoms with Crippen LogP contribution in [0.3, 0.4) is 0 Å². The number of hydrogen-bond acceptors (Lipinski definition) is 6. The minimum absolute atomic E-state index is 0.0442. The van der Waals surface area contributed by atoms with Crippen LogP contribution in [0.5, 0.6) is 0 Å². The van der Waals surface area contributed by atoms with E-state index >= 15 is 0 Å². The molecule has 1 aromatic carbocycles. The van der Waals surface area contributed by atoms with Gasteiger partial charge in [0.25, 0.3) is 0 Å². The fourth-order valence-electron chi connectivity index (χ4n) is 3.33. The maximum Gasteiger partial charge on any atom is 0.326 e. The van der Waals surface area contributed by atoms with E-state index in [1.165, 1.54) is 0 Å². The third kappa shape index (κ3) is 9.72. The van der Waals surface area contributed by atoms with Gasteiger partial charge < -0.3 is 26.8 Å². The van der Waals surface area contributed by atoms with Crippen molar-refractivity contribution < 1.29 is 24.3 Å². The number of carbonyl (C=O) groups is 4. The van der Waals surface area contributed by atoms with E-state index in [2.05, 4.69) is 28.6 Å². The number of aliphatic carboxylic acids is 1. The number of thiol groups is 1. The summed E-state index contributed by atoms with van der Waals surface area (Å²) in [6, 6.07) is 5.23. The number of benzene rings is 1. The molecular weight excluding hydrogens is 456 g/mol. The van der Waals surface area contributed by atoms with Crippen LogP contribution in [-0.4, -0.2) is 58.7 Å². The predicted molar refractivity (Wildman–Crippen MR) is 134 cm³/mol. The summed E-state index contributed by atoms with van der Waals surface area (Å²) in [6.45, 7) is 7.37. The normalized spacial score (nSPS) is 15.5. The number of rotatable bonds is 14. The van der Waals surface area contributed by atoms with Crippen molar-refractivity contribution in [2.24, 2.45) is 17.6 Å². The topological polar surface area (TPSA) is 151 Å². The van der Waals surface area contributed by atoms with Crippen molar-refractivity contribution in [3.63, 3.8) is 0 Å². The molecule has 0 saturated heterocycles. The van der Waals surface area contributed by atoms with Crippen molar-refractivity contribution in [1.82, 2.24) is 16.0 Å². The Balaban J connectivity index is 3.10. The van der Waals surface area contributed by atoms with Gasteiger partial charge in [-0.1, -0.05) is 64.4 Å². The first-order valence-electron chi connectivity index (χ1n) is 11.5. The summed E-state index contributed by atoms with van der Waals surface area (Å²) < 4.78 is 0. The Labute approximate surface area is 207 Å². The lowest BCUT2D eigenvalue weighted by Crippen LogP contribution is -2.58. The average Bonchev–Trinajstić information content (AvgIpc) is 2.80. The van der Waals surface area contributed by atoms with E-state index in [4.69, 9.17) is 5.73 Å². The predicted octanol–water partition coefficient (Wildman–Crippen LogP) is 1.12. The second kappa shape index (κ2) is 14.6. The SMILES string of the molecule is CCC(C)C(NC(=O)C(CC(C)C)NC(=O)C(Cc1ccccc1)NC(=O)C(N)CS)C(=O)O. The maximum atomic E-state index is 13.2. The molecule has 5 atom stereocenters. The summed E-state index contributed by atoms with van der Waals surface area (Å²) in [4.78, 5) is 50.3. The lowest BCUT2D eigenvalue weighted by atomic mass is 9.97.